The Morgan fingerprint density at radius 3 is 2.54 bits per heavy atom. The van der Waals surface area contributed by atoms with E-state index in [1.807, 2.05) is 54.8 Å². The molecule has 0 saturated carbocycles. The maximum Gasteiger partial charge on any atom is 0.329 e. The highest BCUT2D eigenvalue weighted by atomic mass is 19.1. The second-order valence-electron chi connectivity index (χ2n) is 8.99. The van der Waals surface area contributed by atoms with Crippen LogP contribution in [0, 0.1) is 19.7 Å². The molecule has 0 bridgehead atoms. The monoisotopic (exact) mass is 496 g/mol. The largest absolute Gasteiger partial charge is 0.340 e. The van der Waals surface area contributed by atoms with Crippen LogP contribution in [0.3, 0.4) is 0 Å². The van der Waals surface area contributed by atoms with Gasteiger partial charge in [-0.15, -0.1) is 0 Å². The van der Waals surface area contributed by atoms with Gasteiger partial charge in [-0.25, -0.2) is 14.1 Å². The molecule has 0 spiro atoms. The zero-order chi connectivity index (χ0) is 26.1. The van der Waals surface area contributed by atoms with Crippen LogP contribution in [0.1, 0.15) is 22.4 Å². The second kappa shape index (κ2) is 9.73. The number of para-hydroxylation sites is 1. The lowest BCUT2D eigenvalue weighted by Gasteiger charge is -2.12. The summed E-state index contributed by atoms with van der Waals surface area (Å²) in [5, 5.41) is 6.17. The van der Waals surface area contributed by atoms with E-state index in [0.717, 1.165) is 32.6 Å². The van der Waals surface area contributed by atoms with E-state index >= 15 is 0 Å². The first-order chi connectivity index (χ1) is 17.8. The van der Waals surface area contributed by atoms with E-state index in [2.05, 4.69) is 10.6 Å². The number of aryl methyl sites for hydroxylation is 1. The number of nitrogens with zero attached hydrogens (tertiary/aromatic N) is 2. The van der Waals surface area contributed by atoms with Crippen molar-refractivity contribution < 1.29 is 18.8 Å². The number of benzene rings is 3. The summed E-state index contributed by atoms with van der Waals surface area (Å²) >= 11 is 0. The highest BCUT2D eigenvalue weighted by molar-refractivity contribution is 6.16. The Morgan fingerprint density at radius 1 is 1.00 bits per heavy atom. The van der Waals surface area contributed by atoms with Crippen molar-refractivity contribution in [3.05, 3.63) is 107 Å². The van der Waals surface area contributed by atoms with Crippen LogP contribution in [0.15, 0.2) is 78.5 Å². The first-order valence-electron chi connectivity index (χ1n) is 11.8. The second-order valence-corrected chi connectivity index (χ2v) is 8.99. The Balaban J connectivity index is 1.42. The number of urea groups is 1. The number of fused-ring (bicyclic) bond motifs is 1. The number of carbonyl (C=O) groups excluding carboxylic acids is 3. The third-order valence-corrected chi connectivity index (χ3v) is 6.42. The van der Waals surface area contributed by atoms with E-state index in [-0.39, 0.29) is 11.5 Å². The van der Waals surface area contributed by atoms with Crippen LogP contribution in [0.25, 0.3) is 17.0 Å². The first-order valence-corrected chi connectivity index (χ1v) is 11.8. The number of rotatable bonds is 6. The maximum atomic E-state index is 14.4. The summed E-state index contributed by atoms with van der Waals surface area (Å²) in [7, 11) is 0. The number of amides is 4. The molecule has 0 radical (unpaired) electrons. The zero-order valence-corrected chi connectivity index (χ0v) is 20.4. The van der Waals surface area contributed by atoms with Crippen LogP contribution in [0.2, 0.25) is 0 Å². The molecule has 8 heteroatoms. The van der Waals surface area contributed by atoms with E-state index in [1.165, 1.54) is 6.07 Å². The molecule has 1 aliphatic heterocycles. The van der Waals surface area contributed by atoms with Crippen molar-refractivity contribution in [1.29, 1.82) is 0 Å². The Labute approximate surface area is 213 Å². The van der Waals surface area contributed by atoms with Crippen molar-refractivity contribution in [2.75, 3.05) is 11.9 Å². The number of nitrogens with one attached hydrogen (secondary N) is 2. The minimum Gasteiger partial charge on any atom is -0.340 e. The molecule has 2 N–H and O–H groups in total. The van der Waals surface area contributed by atoms with Gasteiger partial charge in [-0.1, -0.05) is 48.5 Å². The minimum atomic E-state index is -0.664. The lowest BCUT2D eigenvalue weighted by molar-refractivity contribution is -0.127. The predicted octanol–water partition coefficient (Wildman–Crippen LogP) is 4.98. The van der Waals surface area contributed by atoms with E-state index in [9.17, 15) is 18.8 Å². The van der Waals surface area contributed by atoms with Crippen molar-refractivity contribution in [2.24, 2.45) is 0 Å². The standard InChI is InChI=1S/C29H25FN4O3/c1-18-8-7-10-21(14-18)31-27(35)17-34-28(36)25(32-29(34)37)15-23-19(2)33(26-13-6-4-11-22(23)26)16-20-9-3-5-12-24(20)30/h3-15H,16-17H2,1-2H3,(H,31,35)(H,32,37)/b25-15+. The van der Waals surface area contributed by atoms with Gasteiger partial charge in [0.05, 0.1) is 6.54 Å². The van der Waals surface area contributed by atoms with Gasteiger partial charge >= 0.3 is 6.03 Å². The van der Waals surface area contributed by atoms with Crippen LogP contribution in [0.4, 0.5) is 14.9 Å². The molecule has 1 saturated heterocycles. The van der Waals surface area contributed by atoms with Gasteiger partial charge in [0.2, 0.25) is 5.91 Å². The summed E-state index contributed by atoms with van der Waals surface area (Å²) in [6.45, 7) is 3.69. The van der Waals surface area contributed by atoms with Gasteiger partial charge in [0.15, 0.2) is 0 Å². The zero-order valence-electron chi connectivity index (χ0n) is 20.4. The van der Waals surface area contributed by atoms with Crippen LogP contribution in [-0.2, 0) is 16.1 Å². The van der Waals surface area contributed by atoms with Crippen molar-refractivity contribution >= 4 is 40.5 Å². The molecule has 0 unspecified atom stereocenters. The van der Waals surface area contributed by atoms with E-state index < -0.39 is 24.4 Å². The average molecular weight is 497 g/mol. The Kier molecular flexibility index (Phi) is 6.31. The molecule has 1 aromatic heterocycles. The van der Waals surface area contributed by atoms with Gasteiger partial charge < -0.3 is 15.2 Å². The van der Waals surface area contributed by atoms with Crippen molar-refractivity contribution in [2.45, 2.75) is 20.4 Å². The molecule has 4 amide bonds. The molecule has 2 heterocycles. The van der Waals surface area contributed by atoms with Gasteiger partial charge in [0, 0.05) is 33.4 Å². The Bertz CT molecular complexity index is 1590. The quantitative estimate of drug-likeness (QED) is 0.292. The van der Waals surface area contributed by atoms with Crippen LogP contribution >= 0.6 is 0 Å². The molecule has 37 heavy (non-hydrogen) atoms. The fraction of sp³-hybridized carbons (Fsp3) is 0.138. The molecule has 7 nitrogen and oxygen atoms in total. The normalized spacial score (nSPS) is 14.5. The van der Waals surface area contributed by atoms with Gasteiger partial charge in [0.25, 0.3) is 5.91 Å². The summed E-state index contributed by atoms with van der Waals surface area (Å²) in [6.07, 6.45) is 1.62. The van der Waals surface area contributed by atoms with Gasteiger partial charge in [0.1, 0.15) is 18.1 Å². The first kappa shape index (κ1) is 24.0. The number of aromatic nitrogens is 1. The van der Waals surface area contributed by atoms with Crippen molar-refractivity contribution in [3.8, 4) is 0 Å². The van der Waals surface area contributed by atoms with Crippen molar-refractivity contribution in [1.82, 2.24) is 14.8 Å². The minimum absolute atomic E-state index is 0.0743. The topological polar surface area (TPSA) is 83.4 Å². The summed E-state index contributed by atoms with van der Waals surface area (Å²) in [5.41, 5.74) is 4.61. The maximum absolute atomic E-state index is 14.4. The molecule has 5 rings (SSSR count). The average Bonchev–Trinajstić information content (AvgIpc) is 3.28. The number of anilines is 1. The summed E-state index contributed by atoms with van der Waals surface area (Å²) < 4.78 is 16.4. The summed E-state index contributed by atoms with van der Waals surface area (Å²) in [5.74, 6) is -1.36. The molecular formula is C29H25FN4O3. The third-order valence-electron chi connectivity index (χ3n) is 6.42. The van der Waals surface area contributed by atoms with Crippen molar-refractivity contribution in [3.63, 3.8) is 0 Å². The third kappa shape index (κ3) is 4.73. The molecule has 3 aromatic carbocycles. The molecular weight excluding hydrogens is 471 g/mol. The van der Waals surface area contributed by atoms with Crippen LogP contribution < -0.4 is 10.6 Å². The number of hydrogen-bond donors (Lipinski definition) is 2. The number of imide groups is 1. The molecule has 186 valence electrons. The van der Waals surface area contributed by atoms with E-state index in [0.29, 0.717) is 17.8 Å². The number of halogens is 1. The lowest BCUT2D eigenvalue weighted by Crippen LogP contribution is -2.38. The fourth-order valence-corrected chi connectivity index (χ4v) is 4.57. The Hall–Kier alpha value is -4.72. The molecule has 0 atom stereocenters. The SMILES string of the molecule is Cc1cccc(NC(=O)CN2C(=O)N/C(=C/c3c(C)n(Cc4ccccc4F)c4ccccc34)C2=O)c1. The van der Waals surface area contributed by atoms with E-state index in [1.54, 1.807) is 36.4 Å². The highest BCUT2D eigenvalue weighted by Crippen LogP contribution is 2.30. The molecule has 0 aliphatic carbocycles. The molecule has 1 fully saturated rings. The van der Waals surface area contributed by atoms with Gasteiger partial charge in [-0.2, -0.15) is 0 Å². The molecule has 4 aromatic rings. The Morgan fingerprint density at radius 2 is 1.76 bits per heavy atom. The predicted molar refractivity (Wildman–Crippen MR) is 140 cm³/mol. The number of carbonyl (C=O) groups is 3. The van der Waals surface area contributed by atoms with Gasteiger partial charge in [-0.3, -0.25) is 9.59 Å². The van der Waals surface area contributed by atoms with Crippen LogP contribution in [-0.4, -0.2) is 33.9 Å². The fourth-order valence-electron chi connectivity index (χ4n) is 4.57. The highest BCUT2D eigenvalue weighted by Gasteiger charge is 2.35. The lowest BCUT2D eigenvalue weighted by atomic mass is 10.1. The number of hydrogen-bond acceptors (Lipinski definition) is 3. The molecule has 1 aliphatic rings. The summed E-state index contributed by atoms with van der Waals surface area (Å²) in [4.78, 5) is 39.1. The van der Waals surface area contributed by atoms with E-state index in [4.69, 9.17) is 0 Å². The smallest absolute Gasteiger partial charge is 0.329 e. The van der Waals surface area contributed by atoms with Gasteiger partial charge in [-0.05, 0) is 49.8 Å². The van der Waals surface area contributed by atoms with Crippen LogP contribution in [0.5, 0.6) is 0 Å². The summed E-state index contributed by atoms with van der Waals surface area (Å²) in [6, 6.07) is 20.8.